The lowest BCUT2D eigenvalue weighted by molar-refractivity contribution is -0.181. The molecule has 5 heteroatoms. The van der Waals surface area contributed by atoms with Crippen LogP contribution in [-0.4, -0.2) is 83.7 Å². The third kappa shape index (κ3) is 5.70. The van der Waals surface area contributed by atoms with E-state index in [9.17, 15) is 9.90 Å². The Bertz CT molecular complexity index is 1370. The van der Waals surface area contributed by atoms with Crippen molar-refractivity contribution in [2.75, 3.05) is 52.4 Å². The van der Waals surface area contributed by atoms with Gasteiger partial charge in [0.15, 0.2) is 0 Å². The van der Waals surface area contributed by atoms with E-state index in [2.05, 4.69) is 60.6 Å². The van der Waals surface area contributed by atoms with Gasteiger partial charge in [-0.15, -0.1) is 0 Å². The van der Waals surface area contributed by atoms with Crippen LogP contribution < -0.4 is 0 Å². The molecule has 5 nitrogen and oxygen atoms in total. The third-order valence-corrected chi connectivity index (χ3v) is 16.9. The molecule has 8 atom stereocenters. The molecule has 0 bridgehead atoms. The summed E-state index contributed by atoms with van der Waals surface area (Å²) in [5.74, 6) is 3.31. The summed E-state index contributed by atoms with van der Waals surface area (Å²) in [5.41, 5.74) is 4.35. The first-order valence-corrected chi connectivity index (χ1v) is 20.8. The van der Waals surface area contributed by atoms with Crippen molar-refractivity contribution in [2.24, 2.45) is 45.8 Å². The topological polar surface area (TPSA) is 47.0 Å². The van der Waals surface area contributed by atoms with E-state index in [4.69, 9.17) is 0 Å². The molecule has 8 rings (SSSR count). The van der Waals surface area contributed by atoms with Gasteiger partial charge in [-0.2, -0.15) is 0 Å². The molecule has 6 fully saturated rings. The monoisotopic (exact) mass is 670 g/mol. The minimum absolute atomic E-state index is 0.0777. The molecule has 5 aliphatic carbocycles. The highest BCUT2D eigenvalue weighted by atomic mass is 16.4. The molecule has 0 amide bonds. The summed E-state index contributed by atoms with van der Waals surface area (Å²) in [7, 11) is 0. The van der Waals surface area contributed by atoms with Gasteiger partial charge in [0.1, 0.15) is 0 Å². The van der Waals surface area contributed by atoms with E-state index < -0.39 is 5.97 Å². The van der Waals surface area contributed by atoms with Crippen molar-refractivity contribution in [1.82, 2.24) is 14.7 Å². The lowest BCUT2D eigenvalue weighted by Crippen LogP contribution is -2.64. The van der Waals surface area contributed by atoms with Crippen LogP contribution in [-0.2, 0) is 0 Å². The zero-order valence-electron chi connectivity index (χ0n) is 31.5. The van der Waals surface area contributed by atoms with Crippen molar-refractivity contribution < 1.29 is 9.90 Å². The minimum atomic E-state index is -0.840. The fourth-order valence-electron chi connectivity index (χ4n) is 14.7. The van der Waals surface area contributed by atoms with Gasteiger partial charge in [-0.1, -0.05) is 52.3 Å². The molecule has 0 spiro atoms. The standard InChI is InChI=1S/C44H67N3O2/c1-41(2)35(32-11-13-33(14-12-32)40(48)49)17-21-43(4)38(41)19-22-42(3)36-18-23-44(20-9-10-37(44)34(36)15-16-39(42)43)47(30-28-45-24-5-6-25-45)31-29-46-26-7-8-27-46/h11-14,17,34,36-39H,5-10,15-16,18-31H2,1-4H3,(H,48,49). The molecule has 49 heavy (non-hydrogen) atoms. The predicted molar refractivity (Wildman–Crippen MR) is 201 cm³/mol. The molecule has 270 valence electrons. The fourth-order valence-corrected chi connectivity index (χ4v) is 14.7. The van der Waals surface area contributed by atoms with Crippen molar-refractivity contribution in [2.45, 2.75) is 123 Å². The molecule has 1 N–H and O–H groups in total. The van der Waals surface area contributed by atoms with E-state index >= 15 is 0 Å². The molecule has 2 saturated heterocycles. The Balaban J connectivity index is 1.04. The number of allylic oxidation sites excluding steroid dienone is 2. The average molecular weight is 670 g/mol. The summed E-state index contributed by atoms with van der Waals surface area (Å²) < 4.78 is 0. The Labute approximate surface area is 298 Å². The van der Waals surface area contributed by atoms with Crippen LogP contribution in [0.1, 0.15) is 134 Å². The van der Waals surface area contributed by atoms with Gasteiger partial charge in [-0.05, 0) is 179 Å². The number of hydrogen-bond donors (Lipinski definition) is 1. The maximum Gasteiger partial charge on any atom is 0.335 e. The van der Waals surface area contributed by atoms with Gasteiger partial charge in [-0.3, -0.25) is 4.90 Å². The van der Waals surface area contributed by atoms with E-state index in [0.717, 1.165) is 23.7 Å². The Morgan fingerprint density at radius 1 is 0.735 bits per heavy atom. The number of benzene rings is 1. The smallest absolute Gasteiger partial charge is 0.335 e. The Kier molecular flexibility index (Phi) is 9.17. The van der Waals surface area contributed by atoms with Crippen molar-refractivity contribution in [3.63, 3.8) is 0 Å². The van der Waals surface area contributed by atoms with E-state index in [1.165, 1.54) is 153 Å². The van der Waals surface area contributed by atoms with Crippen molar-refractivity contribution >= 4 is 11.5 Å². The zero-order valence-corrected chi connectivity index (χ0v) is 31.5. The largest absolute Gasteiger partial charge is 0.478 e. The molecular formula is C44H67N3O2. The second kappa shape index (κ2) is 13.1. The average Bonchev–Trinajstić information content (AvgIpc) is 3.88. The van der Waals surface area contributed by atoms with E-state index in [1.54, 1.807) is 12.1 Å². The first-order chi connectivity index (χ1) is 23.6. The highest BCUT2D eigenvalue weighted by Crippen LogP contribution is 2.72. The lowest BCUT2D eigenvalue weighted by Gasteiger charge is -2.69. The van der Waals surface area contributed by atoms with Gasteiger partial charge in [-0.25, -0.2) is 4.79 Å². The van der Waals surface area contributed by atoms with Crippen LogP contribution in [0.5, 0.6) is 0 Å². The second-order valence-electron chi connectivity index (χ2n) is 19.2. The maximum absolute atomic E-state index is 11.6. The molecule has 0 radical (unpaired) electrons. The van der Waals surface area contributed by atoms with Crippen LogP contribution in [0.15, 0.2) is 30.3 Å². The molecule has 8 unspecified atom stereocenters. The molecule has 4 saturated carbocycles. The summed E-state index contributed by atoms with van der Waals surface area (Å²) >= 11 is 0. The van der Waals surface area contributed by atoms with Crippen LogP contribution in [0, 0.1) is 45.8 Å². The Morgan fingerprint density at radius 3 is 2.02 bits per heavy atom. The third-order valence-electron chi connectivity index (χ3n) is 16.9. The maximum atomic E-state index is 11.6. The highest BCUT2D eigenvalue weighted by molar-refractivity contribution is 5.88. The highest BCUT2D eigenvalue weighted by Gasteiger charge is 2.66. The molecule has 1 aromatic carbocycles. The Morgan fingerprint density at radius 2 is 1.39 bits per heavy atom. The summed E-state index contributed by atoms with van der Waals surface area (Å²) in [4.78, 5) is 20.2. The number of carbonyl (C=O) groups is 1. The van der Waals surface area contributed by atoms with Crippen LogP contribution in [0.2, 0.25) is 0 Å². The number of carboxylic acids is 1. The first-order valence-electron chi connectivity index (χ1n) is 20.8. The van der Waals surface area contributed by atoms with Gasteiger partial charge in [0, 0.05) is 31.7 Å². The lowest BCUT2D eigenvalue weighted by atomic mass is 9.37. The van der Waals surface area contributed by atoms with Crippen LogP contribution in [0.3, 0.4) is 0 Å². The summed E-state index contributed by atoms with van der Waals surface area (Å²) in [6.07, 6.45) is 22.3. The second-order valence-corrected chi connectivity index (χ2v) is 19.2. The fraction of sp³-hybridized carbons (Fsp3) is 0.795. The predicted octanol–water partition coefficient (Wildman–Crippen LogP) is 9.09. The van der Waals surface area contributed by atoms with Gasteiger partial charge >= 0.3 is 5.97 Å². The summed E-state index contributed by atoms with van der Waals surface area (Å²) in [5, 5.41) is 9.49. The van der Waals surface area contributed by atoms with Crippen molar-refractivity contribution in [1.29, 1.82) is 0 Å². The molecule has 2 aliphatic heterocycles. The van der Waals surface area contributed by atoms with Crippen molar-refractivity contribution in [3.05, 3.63) is 41.5 Å². The normalized spacial score (nSPS) is 40.4. The number of fused-ring (bicyclic) bond motifs is 7. The SMILES string of the molecule is CC1(C)C(c2ccc(C(=O)O)cc2)=CCC2(C)C1CCC1(C)C3CCC4(N(CCN5CCCC5)CCN5CCCC5)CCCC4C3CCC12. The summed E-state index contributed by atoms with van der Waals surface area (Å²) in [6, 6.07) is 7.72. The number of rotatable bonds is 9. The molecule has 1 aromatic rings. The number of carboxylic acid groups (broad SMARTS) is 1. The molecule has 7 aliphatic rings. The zero-order chi connectivity index (χ0) is 34.0. The van der Waals surface area contributed by atoms with Crippen LogP contribution >= 0.6 is 0 Å². The van der Waals surface area contributed by atoms with Crippen molar-refractivity contribution in [3.8, 4) is 0 Å². The van der Waals surface area contributed by atoms with E-state index in [1.807, 2.05) is 0 Å². The molecule has 2 heterocycles. The number of hydrogen-bond acceptors (Lipinski definition) is 4. The van der Waals surface area contributed by atoms with Gasteiger partial charge in [0.25, 0.3) is 0 Å². The van der Waals surface area contributed by atoms with Gasteiger partial charge in [0.05, 0.1) is 5.56 Å². The van der Waals surface area contributed by atoms with Gasteiger partial charge < -0.3 is 14.9 Å². The quantitative estimate of drug-likeness (QED) is 0.284. The molecule has 0 aromatic heterocycles. The van der Waals surface area contributed by atoms with Crippen LogP contribution in [0.25, 0.3) is 5.57 Å². The van der Waals surface area contributed by atoms with Crippen LogP contribution in [0.4, 0.5) is 0 Å². The van der Waals surface area contributed by atoms with E-state index in [0.29, 0.717) is 27.9 Å². The Hall–Kier alpha value is -1.69. The van der Waals surface area contributed by atoms with Gasteiger partial charge in [0.2, 0.25) is 0 Å². The summed E-state index contributed by atoms with van der Waals surface area (Å²) in [6.45, 7) is 21.0. The minimum Gasteiger partial charge on any atom is -0.478 e. The molecular weight excluding hydrogens is 603 g/mol. The first kappa shape index (κ1) is 34.4. The van der Waals surface area contributed by atoms with E-state index in [-0.39, 0.29) is 5.41 Å². The number of aromatic carboxylic acids is 1. The number of likely N-dealkylation sites (tertiary alicyclic amines) is 2. The number of nitrogens with zero attached hydrogens (tertiary/aromatic N) is 3.